The van der Waals surface area contributed by atoms with Gasteiger partial charge in [0.25, 0.3) is 5.91 Å². The molecule has 2 N–H and O–H groups in total. The molecule has 0 saturated carbocycles. The summed E-state index contributed by atoms with van der Waals surface area (Å²) in [6.07, 6.45) is 5.70. The molecule has 2 amide bonds. The number of benzene rings is 1. The summed E-state index contributed by atoms with van der Waals surface area (Å²) in [5.41, 5.74) is -0.101. The van der Waals surface area contributed by atoms with Crippen LogP contribution in [-0.4, -0.2) is 44.9 Å². The van der Waals surface area contributed by atoms with Gasteiger partial charge >= 0.3 is 6.09 Å². The SMILES string of the molecule is COc1ccc(C(=O)NCCCCCCCCNC(=O)OC(C)(C)C)c(Cl)c1OC. The minimum Gasteiger partial charge on any atom is -0.493 e. The van der Waals surface area contributed by atoms with E-state index in [0.29, 0.717) is 30.2 Å². The topological polar surface area (TPSA) is 85.9 Å². The summed E-state index contributed by atoms with van der Waals surface area (Å²) < 4.78 is 15.6. The van der Waals surface area contributed by atoms with Crippen LogP contribution in [0.25, 0.3) is 0 Å². The van der Waals surface area contributed by atoms with Crippen LogP contribution in [-0.2, 0) is 4.74 Å². The van der Waals surface area contributed by atoms with Gasteiger partial charge in [0.05, 0.1) is 24.8 Å². The first-order valence-corrected chi connectivity index (χ1v) is 10.7. The molecule has 0 fully saturated rings. The number of rotatable bonds is 12. The molecule has 0 spiro atoms. The van der Waals surface area contributed by atoms with Crippen molar-refractivity contribution in [3.8, 4) is 11.5 Å². The zero-order valence-electron chi connectivity index (χ0n) is 18.7. The van der Waals surface area contributed by atoms with E-state index >= 15 is 0 Å². The van der Waals surface area contributed by atoms with Crippen LogP contribution in [0.4, 0.5) is 4.79 Å². The predicted molar refractivity (Wildman–Crippen MR) is 119 cm³/mol. The van der Waals surface area contributed by atoms with Crippen LogP contribution in [0.3, 0.4) is 0 Å². The summed E-state index contributed by atoms with van der Waals surface area (Å²) in [4.78, 5) is 23.9. The Labute approximate surface area is 184 Å². The maximum Gasteiger partial charge on any atom is 0.407 e. The molecule has 0 aliphatic carbocycles. The molecular formula is C22H35ClN2O5. The highest BCUT2D eigenvalue weighted by Gasteiger charge is 2.18. The molecule has 1 aromatic rings. The van der Waals surface area contributed by atoms with Crippen molar-refractivity contribution in [2.45, 2.75) is 64.9 Å². The van der Waals surface area contributed by atoms with Gasteiger partial charge in [-0.05, 0) is 45.7 Å². The minimum absolute atomic E-state index is 0.228. The van der Waals surface area contributed by atoms with Crippen molar-refractivity contribution in [3.63, 3.8) is 0 Å². The van der Waals surface area contributed by atoms with Gasteiger partial charge in [-0.15, -0.1) is 0 Å². The van der Waals surface area contributed by atoms with Crippen molar-refractivity contribution < 1.29 is 23.8 Å². The van der Waals surface area contributed by atoms with Crippen LogP contribution in [0.1, 0.15) is 69.7 Å². The molecule has 0 aromatic heterocycles. The average Bonchev–Trinajstić information content (AvgIpc) is 2.67. The first-order valence-electron chi connectivity index (χ1n) is 10.3. The number of carbonyl (C=O) groups excluding carboxylic acids is 2. The highest BCUT2D eigenvalue weighted by molar-refractivity contribution is 6.35. The molecule has 0 aliphatic heterocycles. The number of carbonyl (C=O) groups is 2. The molecule has 0 heterocycles. The third-order valence-corrected chi connectivity index (χ3v) is 4.66. The molecule has 0 unspecified atom stereocenters. The molecule has 0 atom stereocenters. The molecule has 170 valence electrons. The van der Waals surface area contributed by atoms with Crippen LogP contribution in [0.5, 0.6) is 11.5 Å². The number of hydrogen-bond acceptors (Lipinski definition) is 5. The summed E-state index contributed by atoms with van der Waals surface area (Å²) in [7, 11) is 3.00. The van der Waals surface area contributed by atoms with Crippen molar-refractivity contribution in [2.24, 2.45) is 0 Å². The molecular weight excluding hydrogens is 408 g/mol. The van der Waals surface area contributed by atoms with Crippen LogP contribution in [0.2, 0.25) is 5.02 Å². The summed E-state index contributed by atoms with van der Waals surface area (Å²) in [6.45, 7) is 6.74. The number of halogens is 1. The maximum atomic E-state index is 12.3. The molecule has 0 bridgehead atoms. The Morgan fingerprint density at radius 1 is 0.900 bits per heavy atom. The van der Waals surface area contributed by atoms with Crippen molar-refractivity contribution >= 4 is 23.6 Å². The van der Waals surface area contributed by atoms with Gasteiger partial charge in [-0.3, -0.25) is 4.79 Å². The smallest absolute Gasteiger partial charge is 0.407 e. The van der Waals surface area contributed by atoms with E-state index in [1.807, 2.05) is 20.8 Å². The van der Waals surface area contributed by atoms with Gasteiger partial charge in [-0.25, -0.2) is 4.79 Å². The molecule has 8 heteroatoms. The Morgan fingerprint density at radius 3 is 2.00 bits per heavy atom. The highest BCUT2D eigenvalue weighted by atomic mass is 35.5. The van der Waals surface area contributed by atoms with Crippen LogP contribution >= 0.6 is 11.6 Å². The summed E-state index contributed by atoms with van der Waals surface area (Å²) in [5, 5.41) is 5.90. The average molecular weight is 443 g/mol. The van der Waals surface area contributed by atoms with Gasteiger partial charge in [0, 0.05) is 13.1 Å². The number of amides is 2. The lowest BCUT2D eigenvalue weighted by molar-refractivity contribution is 0.0526. The summed E-state index contributed by atoms with van der Waals surface area (Å²) in [6, 6.07) is 3.29. The van der Waals surface area contributed by atoms with Crippen molar-refractivity contribution in [1.29, 1.82) is 0 Å². The number of ether oxygens (including phenoxy) is 3. The van der Waals surface area contributed by atoms with E-state index < -0.39 is 5.60 Å². The van der Waals surface area contributed by atoms with E-state index in [0.717, 1.165) is 38.5 Å². The number of hydrogen-bond donors (Lipinski definition) is 2. The Morgan fingerprint density at radius 2 is 1.47 bits per heavy atom. The molecule has 1 aromatic carbocycles. The Hall–Kier alpha value is -2.15. The normalized spacial score (nSPS) is 11.0. The van der Waals surface area contributed by atoms with Crippen molar-refractivity contribution in [2.75, 3.05) is 27.3 Å². The quantitative estimate of drug-likeness (QED) is 0.447. The lowest BCUT2D eigenvalue weighted by atomic mass is 10.1. The van der Waals surface area contributed by atoms with Gasteiger partial charge in [0.1, 0.15) is 5.60 Å². The van der Waals surface area contributed by atoms with Gasteiger partial charge in [-0.2, -0.15) is 0 Å². The molecule has 0 saturated heterocycles. The molecule has 30 heavy (non-hydrogen) atoms. The van der Waals surface area contributed by atoms with E-state index in [1.54, 1.807) is 12.1 Å². The first-order chi connectivity index (χ1) is 14.2. The second-order valence-electron chi connectivity index (χ2n) is 7.97. The van der Waals surface area contributed by atoms with E-state index in [4.69, 9.17) is 25.8 Å². The number of unbranched alkanes of at least 4 members (excludes halogenated alkanes) is 5. The van der Waals surface area contributed by atoms with Gasteiger partial charge in [0.15, 0.2) is 11.5 Å². The summed E-state index contributed by atoms with van der Waals surface area (Å²) >= 11 is 6.26. The monoisotopic (exact) mass is 442 g/mol. The first kappa shape index (κ1) is 25.9. The number of methoxy groups -OCH3 is 2. The second-order valence-corrected chi connectivity index (χ2v) is 8.35. The lowest BCUT2D eigenvalue weighted by Crippen LogP contribution is -2.32. The van der Waals surface area contributed by atoms with E-state index in [1.165, 1.54) is 14.2 Å². The number of alkyl carbamates (subject to hydrolysis) is 1. The Balaban J connectivity index is 2.15. The molecule has 7 nitrogen and oxygen atoms in total. The predicted octanol–water partition coefficient (Wildman–Crippen LogP) is 4.95. The van der Waals surface area contributed by atoms with Crippen LogP contribution in [0, 0.1) is 0 Å². The second kappa shape index (κ2) is 13.2. The third-order valence-electron chi connectivity index (χ3n) is 4.29. The zero-order valence-corrected chi connectivity index (χ0v) is 19.5. The Kier molecular flexibility index (Phi) is 11.4. The fourth-order valence-corrected chi connectivity index (χ4v) is 3.14. The summed E-state index contributed by atoms with van der Waals surface area (Å²) in [5.74, 6) is 0.613. The standard InChI is InChI=1S/C22H35ClN2O5/c1-22(2,3)30-21(27)25-15-11-9-7-6-8-10-14-24-20(26)16-12-13-17(28-4)19(29-5)18(16)23/h12-13H,6-11,14-15H2,1-5H3,(H,24,26)(H,25,27). The zero-order chi connectivity index (χ0) is 22.6. The minimum atomic E-state index is -0.468. The van der Waals surface area contributed by atoms with Crippen molar-refractivity contribution in [3.05, 3.63) is 22.7 Å². The van der Waals surface area contributed by atoms with E-state index in [-0.39, 0.29) is 17.0 Å². The Bertz CT molecular complexity index is 689. The number of nitrogens with one attached hydrogen (secondary N) is 2. The molecule has 0 radical (unpaired) electrons. The fourth-order valence-electron chi connectivity index (χ4n) is 2.82. The van der Waals surface area contributed by atoms with Crippen molar-refractivity contribution in [1.82, 2.24) is 10.6 Å². The van der Waals surface area contributed by atoms with E-state index in [9.17, 15) is 9.59 Å². The van der Waals surface area contributed by atoms with E-state index in [2.05, 4.69) is 10.6 Å². The maximum absolute atomic E-state index is 12.3. The third kappa shape index (κ3) is 9.57. The van der Waals surface area contributed by atoms with Gasteiger partial charge in [0.2, 0.25) is 0 Å². The van der Waals surface area contributed by atoms with Crippen LogP contribution in [0.15, 0.2) is 12.1 Å². The lowest BCUT2D eigenvalue weighted by Gasteiger charge is -2.19. The highest BCUT2D eigenvalue weighted by Crippen LogP contribution is 2.37. The molecule has 0 aliphatic rings. The van der Waals surface area contributed by atoms with Gasteiger partial charge in [-0.1, -0.05) is 37.3 Å². The largest absolute Gasteiger partial charge is 0.493 e. The van der Waals surface area contributed by atoms with Crippen LogP contribution < -0.4 is 20.1 Å². The fraction of sp³-hybridized carbons (Fsp3) is 0.636. The van der Waals surface area contributed by atoms with Gasteiger partial charge < -0.3 is 24.8 Å². The molecule has 1 rings (SSSR count).